The molecule has 9 nitrogen and oxygen atoms in total. The van der Waals surface area contributed by atoms with E-state index in [-0.39, 0.29) is 32.6 Å². The fourth-order valence-electron chi connectivity index (χ4n) is 5.07. The van der Waals surface area contributed by atoms with Gasteiger partial charge in [-0.15, -0.1) is 0 Å². The number of nitrogens with two attached hydrogens (primary N) is 1. The summed E-state index contributed by atoms with van der Waals surface area (Å²) in [4.78, 5) is 34.8. The van der Waals surface area contributed by atoms with Gasteiger partial charge in [-0.25, -0.2) is 4.57 Å². The van der Waals surface area contributed by atoms with Crippen molar-refractivity contribution in [1.82, 2.24) is 0 Å². The Morgan fingerprint density at radius 2 is 1.06 bits per heavy atom. The van der Waals surface area contributed by atoms with Gasteiger partial charge in [0.15, 0.2) is 6.10 Å². The van der Waals surface area contributed by atoms with Crippen molar-refractivity contribution >= 4 is 19.8 Å². The van der Waals surface area contributed by atoms with Gasteiger partial charge in [0.2, 0.25) is 0 Å². The smallest absolute Gasteiger partial charge is 0.462 e. The van der Waals surface area contributed by atoms with Gasteiger partial charge >= 0.3 is 19.8 Å². The molecule has 0 rings (SSSR count). The number of carbonyl (C=O) groups is 2. The molecule has 0 fully saturated rings. The van der Waals surface area contributed by atoms with E-state index < -0.39 is 32.5 Å². The maximum atomic E-state index is 12.5. The van der Waals surface area contributed by atoms with Crippen molar-refractivity contribution < 1.29 is 37.6 Å². The first kappa shape index (κ1) is 50.5. The van der Waals surface area contributed by atoms with Crippen molar-refractivity contribution in [1.29, 1.82) is 0 Å². The molecule has 0 saturated carbocycles. The minimum absolute atomic E-state index is 0.0399. The molecule has 0 aromatic rings. The van der Waals surface area contributed by atoms with Crippen LogP contribution in [0.1, 0.15) is 155 Å². The molecule has 10 heteroatoms. The first-order valence-electron chi connectivity index (χ1n) is 20.4. The number of unbranched alkanes of at least 4 members (excludes halogenated alkanes) is 12. The molecule has 1 unspecified atom stereocenters. The third-order valence-corrected chi connectivity index (χ3v) is 9.06. The van der Waals surface area contributed by atoms with Crippen LogP contribution < -0.4 is 5.73 Å². The molecular formula is C43H74NO8P. The highest BCUT2D eigenvalue weighted by Crippen LogP contribution is 2.43. The van der Waals surface area contributed by atoms with Crippen LogP contribution in [0.3, 0.4) is 0 Å². The topological polar surface area (TPSA) is 134 Å². The van der Waals surface area contributed by atoms with E-state index in [9.17, 15) is 19.0 Å². The van der Waals surface area contributed by atoms with Crippen molar-refractivity contribution in [3.05, 3.63) is 72.9 Å². The second kappa shape index (κ2) is 39.2. The number of esters is 2. The lowest BCUT2D eigenvalue weighted by Crippen LogP contribution is -2.29. The van der Waals surface area contributed by atoms with E-state index in [1.54, 1.807) is 0 Å². The number of phosphoric acid groups is 1. The molecular weight excluding hydrogens is 689 g/mol. The third kappa shape index (κ3) is 39.0. The lowest BCUT2D eigenvalue weighted by molar-refractivity contribution is -0.161. The van der Waals surface area contributed by atoms with Crippen LogP contribution in [-0.4, -0.2) is 49.3 Å². The lowest BCUT2D eigenvalue weighted by Gasteiger charge is -2.19. The largest absolute Gasteiger partial charge is 0.472 e. The molecule has 0 saturated heterocycles. The summed E-state index contributed by atoms with van der Waals surface area (Å²) in [5.74, 6) is -0.913. The van der Waals surface area contributed by atoms with Crippen LogP contribution in [0.2, 0.25) is 0 Å². The van der Waals surface area contributed by atoms with Crippen molar-refractivity contribution in [3.8, 4) is 0 Å². The van der Waals surface area contributed by atoms with Gasteiger partial charge in [0.25, 0.3) is 0 Å². The summed E-state index contributed by atoms with van der Waals surface area (Å²) >= 11 is 0. The number of rotatable bonds is 37. The quantitative estimate of drug-likeness (QED) is 0.0274. The number of ether oxygens (including phenoxy) is 2. The molecule has 0 aliphatic heterocycles. The van der Waals surface area contributed by atoms with E-state index in [1.807, 2.05) is 6.08 Å². The van der Waals surface area contributed by atoms with Crippen LogP contribution >= 0.6 is 7.82 Å². The molecule has 53 heavy (non-hydrogen) atoms. The van der Waals surface area contributed by atoms with Gasteiger partial charge in [-0.3, -0.25) is 18.6 Å². The molecule has 0 aliphatic carbocycles. The average molecular weight is 764 g/mol. The minimum atomic E-state index is -4.39. The molecule has 0 spiro atoms. The second-order valence-electron chi connectivity index (χ2n) is 13.1. The van der Waals surface area contributed by atoms with Crippen molar-refractivity contribution in [2.75, 3.05) is 26.4 Å². The lowest BCUT2D eigenvalue weighted by atomic mass is 10.1. The predicted molar refractivity (Wildman–Crippen MR) is 219 cm³/mol. The van der Waals surface area contributed by atoms with E-state index in [4.69, 9.17) is 24.3 Å². The minimum Gasteiger partial charge on any atom is -0.462 e. The number of hydrogen-bond donors (Lipinski definition) is 2. The van der Waals surface area contributed by atoms with Crippen LogP contribution in [0.5, 0.6) is 0 Å². The van der Waals surface area contributed by atoms with Gasteiger partial charge < -0.3 is 20.1 Å². The zero-order valence-electron chi connectivity index (χ0n) is 33.2. The number of carbonyl (C=O) groups excluding carboxylic acids is 2. The Bertz CT molecular complexity index is 1100. The Labute approximate surface area is 322 Å². The molecule has 0 aromatic heterocycles. The summed E-state index contributed by atoms with van der Waals surface area (Å²) in [5, 5.41) is 0. The predicted octanol–water partition coefficient (Wildman–Crippen LogP) is 11.5. The summed E-state index contributed by atoms with van der Waals surface area (Å²) in [6.45, 7) is 3.51. The van der Waals surface area contributed by atoms with E-state index in [1.165, 1.54) is 44.9 Å². The number of phosphoric ester groups is 1. The Kier molecular flexibility index (Phi) is 37.3. The summed E-state index contributed by atoms with van der Waals surface area (Å²) in [5.41, 5.74) is 5.33. The summed E-state index contributed by atoms with van der Waals surface area (Å²) in [7, 11) is -4.39. The van der Waals surface area contributed by atoms with Gasteiger partial charge in [-0.2, -0.15) is 0 Å². The Morgan fingerprint density at radius 3 is 1.62 bits per heavy atom. The molecule has 0 aliphatic rings. The van der Waals surface area contributed by atoms with E-state index in [2.05, 4.69) is 80.7 Å². The highest BCUT2D eigenvalue weighted by atomic mass is 31.2. The molecule has 0 amide bonds. The van der Waals surface area contributed by atoms with E-state index in [0.717, 1.165) is 64.2 Å². The normalized spacial score (nSPS) is 14.1. The summed E-state index contributed by atoms with van der Waals surface area (Å²) < 4.78 is 32.6. The summed E-state index contributed by atoms with van der Waals surface area (Å²) in [6.07, 6.45) is 46.5. The Hall–Kier alpha value is -2.55. The standard InChI is InChI=1S/C43H74NO8P/c1-3-5-7-9-11-13-15-17-19-20-22-24-26-28-30-32-34-36-43(46)52-41(40-51-53(47,48)50-38-37-44)39-49-42(45)35-33-31-29-27-25-23-21-18-16-14-12-10-8-6-4-2/h5,7,11,13,17-19,21-22,24,28,30,41H,3-4,6,8-10,12,14-16,20,23,25-27,29,31-40,44H2,1-2H3,(H,47,48)/t41-/m1/s1. The van der Waals surface area contributed by atoms with Crippen molar-refractivity contribution in [2.24, 2.45) is 5.73 Å². The maximum absolute atomic E-state index is 12.5. The zero-order valence-corrected chi connectivity index (χ0v) is 34.1. The molecule has 3 N–H and O–H groups in total. The van der Waals surface area contributed by atoms with Crippen LogP contribution in [0.25, 0.3) is 0 Å². The SMILES string of the molecule is CCC=CCC=CCC=CCC=CCC=CCCCC(=O)O[C@H](COC(=O)CCCCCCCC=CCCCCCCCC)COP(=O)(O)OCCN. The van der Waals surface area contributed by atoms with E-state index >= 15 is 0 Å². The van der Waals surface area contributed by atoms with E-state index in [0.29, 0.717) is 19.3 Å². The molecule has 0 aromatic carbocycles. The number of hydrogen-bond acceptors (Lipinski definition) is 8. The van der Waals surface area contributed by atoms with Crippen molar-refractivity contribution in [2.45, 2.75) is 161 Å². The molecule has 2 atom stereocenters. The molecule has 304 valence electrons. The average Bonchev–Trinajstić information content (AvgIpc) is 3.14. The second-order valence-corrected chi connectivity index (χ2v) is 14.6. The fourth-order valence-corrected chi connectivity index (χ4v) is 5.84. The number of allylic oxidation sites excluding steroid dienone is 12. The maximum Gasteiger partial charge on any atom is 0.472 e. The third-order valence-electron chi connectivity index (χ3n) is 8.08. The van der Waals surface area contributed by atoms with Crippen LogP contribution in [-0.2, 0) is 32.7 Å². The monoisotopic (exact) mass is 764 g/mol. The van der Waals surface area contributed by atoms with Crippen LogP contribution in [0.4, 0.5) is 0 Å². The van der Waals surface area contributed by atoms with Gasteiger partial charge in [-0.1, -0.05) is 138 Å². The van der Waals surface area contributed by atoms with Gasteiger partial charge in [0.05, 0.1) is 13.2 Å². The highest BCUT2D eigenvalue weighted by molar-refractivity contribution is 7.47. The fraction of sp³-hybridized carbons (Fsp3) is 0.674. The van der Waals surface area contributed by atoms with Crippen molar-refractivity contribution in [3.63, 3.8) is 0 Å². The van der Waals surface area contributed by atoms with Gasteiger partial charge in [0, 0.05) is 19.4 Å². The first-order chi connectivity index (χ1) is 25.8. The summed E-state index contributed by atoms with van der Waals surface area (Å²) in [6, 6.07) is 0. The molecule has 0 radical (unpaired) electrons. The van der Waals surface area contributed by atoms with Gasteiger partial charge in [0.1, 0.15) is 6.61 Å². The Morgan fingerprint density at radius 1 is 0.585 bits per heavy atom. The zero-order chi connectivity index (χ0) is 38.9. The Balaban J connectivity index is 4.32. The highest BCUT2D eigenvalue weighted by Gasteiger charge is 2.25. The molecule has 0 bridgehead atoms. The first-order valence-corrected chi connectivity index (χ1v) is 21.9. The molecule has 0 heterocycles. The van der Waals surface area contributed by atoms with Crippen LogP contribution in [0.15, 0.2) is 72.9 Å². The van der Waals surface area contributed by atoms with Crippen LogP contribution in [0, 0.1) is 0 Å². The van der Waals surface area contributed by atoms with Gasteiger partial charge in [-0.05, 0) is 77.0 Å².